The van der Waals surface area contributed by atoms with Crippen molar-refractivity contribution in [3.8, 4) is 0 Å². The third-order valence-corrected chi connectivity index (χ3v) is 5.40. The van der Waals surface area contributed by atoms with Gasteiger partial charge in [0, 0.05) is 10.9 Å². The Morgan fingerprint density at radius 3 is 2.68 bits per heavy atom. The number of nitrogens with zero attached hydrogens (tertiary/aromatic N) is 2. The molecule has 2 rings (SSSR count). The van der Waals surface area contributed by atoms with E-state index in [0.717, 1.165) is 4.88 Å². The van der Waals surface area contributed by atoms with Crippen molar-refractivity contribution in [3.63, 3.8) is 0 Å². The zero-order valence-electron chi connectivity index (χ0n) is 12.3. The summed E-state index contributed by atoms with van der Waals surface area (Å²) in [5.74, 6) is -0.481. The van der Waals surface area contributed by atoms with E-state index < -0.39 is 11.3 Å². The van der Waals surface area contributed by atoms with Gasteiger partial charge in [0.25, 0.3) is 0 Å². The maximum atomic E-state index is 12.2. The molecule has 0 radical (unpaired) electrons. The molecule has 8 heteroatoms. The number of carbonyl (C=O) groups is 1. The van der Waals surface area contributed by atoms with Gasteiger partial charge in [0.1, 0.15) is 5.38 Å². The van der Waals surface area contributed by atoms with Crippen LogP contribution < -0.4 is 0 Å². The first kappa shape index (κ1) is 17.8. The van der Waals surface area contributed by atoms with Crippen molar-refractivity contribution in [2.24, 2.45) is 0 Å². The van der Waals surface area contributed by atoms with E-state index in [1.54, 1.807) is 13.0 Å². The number of thiophene rings is 1. The van der Waals surface area contributed by atoms with Crippen LogP contribution in [0.2, 0.25) is 4.34 Å². The molecular formula is C14H15BrCl2N2O2S. The van der Waals surface area contributed by atoms with E-state index in [1.807, 2.05) is 24.5 Å². The van der Waals surface area contributed by atoms with Crippen molar-refractivity contribution >= 4 is 56.4 Å². The summed E-state index contributed by atoms with van der Waals surface area (Å²) in [7, 11) is 0. The van der Waals surface area contributed by atoms with Gasteiger partial charge >= 0.3 is 5.97 Å². The average Bonchev–Trinajstić information content (AvgIpc) is 3.02. The fourth-order valence-corrected chi connectivity index (χ4v) is 4.33. The van der Waals surface area contributed by atoms with Gasteiger partial charge in [-0.3, -0.25) is 0 Å². The Morgan fingerprint density at radius 2 is 2.18 bits per heavy atom. The smallest absolute Gasteiger partial charge is 0.358 e. The molecule has 4 nitrogen and oxygen atoms in total. The standard InChI is InChI=1S/C14H15BrCl2N2O2S/c1-4-21-13(20)11-12(19(7(2)3)14(15)18-11)10(17)8-5-6-9(16)22-8/h5-7,10H,4H2,1-3H3. The molecule has 0 aliphatic carbocycles. The normalized spacial score (nSPS) is 12.7. The lowest BCUT2D eigenvalue weighted by Crippen LogP contribution is -2.13. The van der Waals surface area contributed by atoms with Crippen molar-refractivity contribution in [1.29, 1.82) is 0 Å². The number of alkyl halides is 1. The second-order valence-electron chi connectivity index (χ2n) is 4.80. The number of carbonyl (C=O) groups excluding carboxylic acids is 1. The molecule has 0 saturated heterocycles. The highest BCUT2D eigenvalue weighted by molar-refractivity contribution is 9.10. The van der Waals surface area contributed by atoms with E-state index in [-0.39, 0.29) is 18.3 Å². The maximum Gasteiger partial charge on any atom is 0.358 e. The Balaban J connectivity index is 2.57. The summed E-state index contributed by atoms with van der Waals surface area (Å²) in [6.45, 7) is 6.03. The number of ether oxygens (including phenoxy) is 1. The average molecular weight is 426 g/mol. The van der Waals surface area contributed by atoms with Crippen molar-refractivity contribution in [2.45, 2.75) is 32.2 Å². The van der Waals surface area contributed by atoms with Gasteiger partial charge in [0.05, 0.1) is 16.6 Å². The molecule has 2 aromatic heterocycles. The zero-order valence-corrected chi connectivity index (χ0v) is 16.2. The van der Waals surface area contributed by atoms with E-state index in [4.69, 9.17) is 27.9 Å². The fourth-order valence-electron chi connectivity index (χ4n) is 2.10. The molecule has 22 heavy (non-hydrogen) atoms. The number of hydrogen-bond donors (Lipinski definition) is 0. The molecule has 120 valence electrons. The highest BCUT2D eigenvalue weighted by atomic mass is 79.9. The number of aromatic nitrogens is 2. The Hall–Kier alpha value is -0.560. The quantitative estimate of drug-likeness (QED) is 0.472. The van der Waals surface area contributed by atoms with Gasteiger partial charge in [-0.1, -0.05) is 11.6 Å². The second kappa shape index (κ2) is 7.34. The van der Waals surface area contributed by atoms with E-state index >= 15 is 0 Å². The fraction of sp³-hybridized carbons (Fsp3) is 0.429. The summed E-state index contributed by atoms with van der Waals surface area (Å²) in [4.78, 5) is 17.3. The first-order valence-electron chi connectivity index (χ1n) is 6.70. The second-order valence-corrected chi connectivity index (χ2v) is 7.70. The van der Waals surface area contributed by atoms with Crippen molar-refractivity contribution in [1.82, 2.24) is 9.55 Å². The van der Waals surface area contributed by atoms with Crippen LogP contribution in [-0.4, -0.2) is 22.1 Å². The van der Waals surface area contributed by atoms with Gasteiger partial charge in [-0.25, -0.2) is 9.78 Å². The molecule has 0 aromatic carbocycles. The summed E-state index contributed by atoms with van der Waals surface area (Å²) in [5, 5.41) is -0.530. The van der Waals surface area contributed by atoms with Crippen molar-refractivity contribution in [3.05, 3.63) is 37.5 Å². The lowest BCUT2D eigenvalue weighted by atomic mass is 10.2. The third-order valence-electron chi connectivity index (χ3n) is 2.97. The zero-order chi connectivity index (χ0) is 16.4. The molecule has 0 amide bonds. The first-order valence-corrected chi connectivity index (χ1v) is 9.13. The lowest BCUT2D eigenvalue weighted by Gasteiger charge is -2.17. The molecule has 0 aliphatic rings. The largest absolute Gasteiger partial charge is 0.461 e. The van der Waals surface area contributed by atoms with Gasteiger partial charge in [-0.15, -0.1) is 22.9 Å². The molecule has 0 bridgehead atoms. The van der Waals surface area contributed by atoms with Crippen LogP contribution >= 0.6 is 50.5 Å². The SMILES string of the molecule is CCOC(=O)c1nc(Br)n(C(C)C)c1C(Cl)c1ccc(Cl)s1. The summed E-state index contributed by atoms with van der Waals surface area (Å²) >= 11 is 17.4. The van der Waals surface area contributed by atoms with Gasteiger partial charge in [-0.2, -0.15) is 0 Å². The minimum absolute atomic E-state index is 0.0803. The van der Waals surface area contributed by atoms with Crippen LogP contribution in [0.4, 0.5) is 0 Å². The summed E-state index contributed by atoms with van der Waals surface area (Å²) in [6.07, 6.45) is 0. The van der Waals surface area contributed by atoms with Crippen LogP contribution in [0.25, 0.3) is 0 Å². The van der Waals surface area contributed by atoms with Crippen LogP contribution in [0.3, 0.4) is 0 Å². The van der Waals surface area contributed by atoms with Crippen LogP contribution in [0.5, 0.6) is 0 Å². The molecule has 2 heterocycles. The van der Waals surface area contributed by atoms with E-state index in [0.29, 0.717) is 14.8 Å². The maximum absolute atomic E-state index is 12.2. The molecule has 0 fully saturated rings. The molecular weight excluding hydrogens is 411 g/mol. The molecule has 1 unspecified atom stereocenters. The topological polar surface area (TPSA) is 44.1 Å². The molecule has 0 aliphatic heterocycles. The molecule has 1 atom stereocenters. The van der Waals surface area contributed by atoms with Crippen molar-refractivity contribution in [2.75, 3.05) is 6.61 Å². The molecule has 0 spiro atoms. The van der Waals surface area contributed by atoms with Crippen molar-refractivity contribution < 1.29 is 9.53 Å². The number of hydrogen-bond acceptors (Lipinski definition) is 4. The Morgan fingerprint density at radius 1 is 1.50 bits per heavy atom. The van der Waals surface area contributed by atoms with E-state index in [1.165, 1.54) is 11.3 Å². The molecule has 0 N–H and O–H groups in total. The number of halogens is 3. The van der Waals surface area contributed by atoms with Gasteiger partial charge in [-0.05, 0) is 48.8 Å². The predicted molar refractivity (Wildman–Crippen MR) is 93.3 cm³/mol. The monoisotopic (exact) mass is 424 g/mol. The first-order chi connectivity index (χ1) is 10.4. The van der Waals surface area contributed by atoms with E-state index in [9.17, 15) is 4.79 Å². The number of esters is 1. The van der Waals surface area contributed by atoms with Gasteiger partial charge < -0.3 is 9.30 Å². The highest BCUT2D eigenvalue weighted by Gasteiger charge is 2.30. The van der Waals surface area contributed by atoms with Crippen LogP contribution in [-0.2, 0) is 4.74 Å². The van der Waals surface area contributed by atoms with E-state index in [2.05, 4.69) is 20.9 Å². The number of imidazole rings is 1. The summed E-state index contributed by atoms with van der Waals surface area (Å²) < 4.78 is 8.17. The van der Waals surface area contributed by atoms with Gasteiger partial charge in [0.15, 0.2) is 10.4 Å². The number of rotatable bonds is 5. The Bertz CT molecular complexity index is 684. The van der Waals surface area contributed by atoms with Gasteiger partial charge in [0.2, 0.25) is 0 Å². The highest BCUT2D eigenvalue weighted by Crippen LogP contribution is 2.39. The lowest BCUT2D eigenvalue weighted by molar-refractivity contribution is 0.0518. The minimum atomic E-state index is -0.530. The third kappa shape index (κ3) is 3.50. The summed E-state index contributed by atoms with van der Waals surface area (Å²) in [6, 6.07) is 3.72. The van der Waals surface area contributed by atoms with Crippen LogP contribution in [0, 0.1) is 0 Å². The minimum Gasteiger partial charge on any atom is -0.461 e. The Kier molecular flexibility index (Phi) is 5.94. The molecule has 2 aromatic rings. The van der Waals surface area contributed by atoms with Crippen LogP contribution in [0.1, 0.15) is 53.2 Å². The predicted octanol–water partition coefficient (Wildman–Crippen LogP) is 5.45. The Labute approximate surface area is 151 Å². The summed E-state index contributed by atoms with van der Waals surface area (Å²) in [5.41, 5.74) is 0.840. The molecule has 0 saturated carbocycles. The van der Waals surface area contributed by atoms with Crippen LogP contribution in [0.15, 0.2) is 16.9 Å².